The number of aryl methyl sites for hydroxylation is 1. The van der Waals surface area contributed by atoms with Gasteiger partial charge in [-0.25, -0.2) is 4.39 Å². The lowest BCUT2D eigenvalue weighted by Crippen LogP contribution is -2.32. The van der Waals surface area contributed by atoms with Crippen LogP contribution in [0.5, 0.6) is 0 Å². The summed E-state index contributed by atoms with van der Waals surface area (Å²) in [4.78, 5) is 2.22. The molecule has 3 aliphatic rings. The molecular weight excluding hydrogens is 505 g/mol. The highest BCUT2D eigenvalue weighted by atomic mass is 19.1. The molecule has 0 fully saturated rings. The van der Waals surface area contributed by atoms with E-state index in [1.54, 1.807) is 12.1 Å². The fraction of sp³-hybridized carbons (Fsp3) is 0.351. The second kappa shape index (κ2) is 10.8. The number of anilines is 1. The van der Waals surface area contributed by atoms with Crippen LogP contribution in [0.3, 0.4) is 0 Å². The van der Waals surface area contributed by atoms with Crippen molar-refractivity contribution in [2.45, 2.75) is 65.2 Å². The first-order valence-electron chi connectivity index (χ1n) is 14.7. The van der Waals surface area contributed by atoms with Gasteiger partial charge in [0.15, 0.2) is 5.71 Å². The summed E-state index contributed by atoms with van der Waals surface area (Å²) in [5.41, 5.74) is 8.80. The number of fused-ring (bicyclic) bond motifs is 2. The minimum Gasteiger partial charge on any atom is -0.347 e. The van der Waals surface area contributed by atoms with Gasteiger partial charge in [-0.1, -0.05) is 53.6 Å². The number of nitrogens with zero attached hydrogens (tertiary/aromatic N) is 3. The third-order valence-corrected chi connectivity index (χ3v) is 9.08. The lowest BCUT2D eigenvalue weighted by molar-refractivity contribution is -0.433. The maximum absolute atomic E-state index is 14.7. The van der Waals surface area contributed by atoms with Gasteiger partial charge < -0.3 is 4.90 Å². The predicted molar refractivity (Wildman–Crippen MR) is 168 cm³/mol. The number of allylic oxidation sites excluding steroid dienone is 9. The number of nitriles is 1. The fourth-order valence-electron chi connectivity index (χ4n) is 7.07. The van der Waals surface area contributed by atoms with E-state index in [-0.39, 0.29) is 11.2 Å². The van der Waals surface area contributed by atoms with E-state index in [0.717, 1.165) is 47.7 Å². The lowest BCUT2D eigenvalue weighted by Gasteiger charge is -2.26. The number of rotatable bonds is 7. The Kier molecular flexibility index (Phi) is 7.51. The van der Waals surface area contributed by atoms with Crippen LogP contribution in [0.15, 0.2) is 95.8 Å². The zero-order valence-electron chi connectivity index (χ0n) is 25.4. The van der Waals surface area contributed by atoms with E-state index < -0.39 is 5.41 Å². The quantitative estimate of drug-likeness (QED) is 0.197. The number of hydrogen-bond donors (Lipinski definition) is 0. The maximum Gasteiger partial charge on any atom is 0.209 e. The highest BCUT2D eigenvalue weighted by Gasteiger charge is 2.48. The van der Waals surface area contributed by atoms with Crippen molar-refractivity contribution >= 4 is 17.1 Å². The van der Waals surface area contributed by atoms with E-state index in [1.165, 1.54) is 16.7 Å². The maximum atomic E-state index is 14.7. The summed E-state index contributed by atoms with van der Waals surface area (Å²) in [6.07, 6.45) is 16.9. The van der Waals surface area contributed by atoms with Crippen molar-refractivity contribution in [3.63, 3.8) is 0 Å². The molecule has 0 aromatic heterocycles. The van der Waals surface area contributed by atoms with Gasteiger partial charge in [-0.3, -0.25) is 0 Å². The molecule has 2 heterocycles. The Morgan fingerprint density at radius 3 is 2.49 bits per heavy atom. The van der Waals surface area contributed by atoms with Gasteiger partial charge in [-0.2, -0.15) is 9.84 Å². The summed E-state index contributed by atoms with van der Waals surface area (Å²) < 4.78 is 16.9. The second-order valence-electron chi connectivity index (χ2n) is 12.3. The topological polar surface area (TPSA) is 30.0 Å². The molecule has 2 aromatic rings. The van der Waals surface area contributed by atoms with E-state index in [4.69, 9.17) is 0 Å². The van der Waals surface area contributed by atoms with Crippen molar-refractivity contribution in [1.29, 1.82) is 5.26 Å². The highest BCUT2D eigenvalue weighted by molar-refractivity contribution is 6.04. The van der Waals surface area contributed by atoms with Crippen LogP contribution in [-0.4, -0.2) is 23.9 Å². The molecule has 0 bridgehead atoms. The molecule has 0 saturated carbocycles. The van der Waals surface area contributed by atoms with Crippen molar-refractivity contribution in [2.75, 3.05) is 18.5 Å². The minimum absolute atomic E-state index is 0.224. The van der Waals surface area contributed by atoms with Crippen LogP contribution >= 0.6 is 0 Å². The molecule has 41 heavy (non-hydrogen) atoms. The first kappa shape index (κ1) is 28.6. The average molecular weight is 547 g/mol. The van der Waals surface area contributed by atoms with Gasteiger partial charge in [0.1, 0.15) is 12.4 Å². The van der Waals surface area contributed by atoms with E-state index in [9.17, 15) is 9.65 Å². The Morgan fingerprint density at radius 1 is 1.10 bits per heavy atom. The van der Waals surface area contributed by atoms with Crippen molar-refractivity contribution < 1.29 is 8.97 Å². The van der Waals surface area contributed by atoms with Crippen molar-refractivity contribution in [3.05, 3.63) is 118 Å². The number of hydrogen-bond acceptors (Lipinski definition) is 2. The van der Waals surface area contributed by atoms with Crippen molar-refractivity contribution in [3.8, 4) is 6.07 Å². The zero-order chi connectivity index (χ0) is 29.5. The molecule has 0 spiro atoms. The molecule has 0 N–H and O–H groups in total. The standard InChI is InChI=1S/C37H41FN3/c1-8-41-33-16-14-29(38)22-31(33)36(5,18-17-27-11-9-10-12-27)35(41)21-28(24-39)20-34-37(6,23-25(2)3)30-19-26(4)13-15-32(30)40(34)7/h9-16,19-23,27H,8,17-18H2,1-7H3/q+1. The first-order chi connectivity index (χ1) is 19.5. The van der Waals surface area contributed by atoms with Crippen molar-refractivity contribution in [2.24, 2.45) is 5.92 Å². The van der Waals surface area contributed by atoms with Crippen LogP contribution in [0.1, 0.15) is 64.2 Å². The number of benzene rings is 2. The average Bonchev–Trinajstić information content (AvgIpc) is 3.58. The molecule has 2 aromatic carbocycles. The Labute approximate surface area is 245 Å². The second-order valence-corrected chi connectivity index (χ2v) is 12.3. The fourth-order valence-corrected chi connectivity index (χ4v) is 7.07. The Balaban J connectivity index is 1.66. The normalized spacial score (nSPS) is 24.3. The Hall–Kier alpha value is -3.97. The number of likely N-dealkylation sites (N-methyl/N-ethyl adjacent to an activating group) is 1. The van der Waals surface area contributed by atoms with Crippen LogP contribution < -0.4 is 4.90 Å². The molecule has 5 rings (SSSR count). The van der Waals surface area contributed by atoms with Gasteiger partial charge in [0, 0.05) is 36.1 Å². The SMILES string of the molecule is CC[N+]1=C(C=C(C#N)C=C2N(C)c3ccc(C)cc3C2(C)C=C(C)C)C(C)(CCC2C=CC=C2)c2cc(F)ccc21. The van der Waals surface area contributed by atoms with Gasteiger partial charge in [0.2, 0.25) is 5.69 Å². The predicted octanol–water partition coefficient (Wildman–Crippen LogP) is 8.74. The molecule has 210 valence electrons. The van der Waals surface area contributed by atoms with E-state index in [2.05, 4.69) is 125 Å². The summed E-state index contributed by atoms with van der Waals surface area (Å²) in [5.74, 6) is 0.152. The molecule has 2 aliphatic heterocycles. The Bertz CT molecular complexity index is 1610. The van der Waals surface area contributed by atoms with Crippen molar-refractivity contribution in [1.82, 2.24) is 0 Å². The summed E-state index contributed by atoms with van der Waals surface area (Å²) in [6, 6.07) is 14.2. The van der Waals surface area contributed by atoms with Gasteiger partial charge in [0.05, 0.1) is 22.5 Å². The van der Waals surface area contributed by atoms with Gasteiger partial charge in [0.25, 0.3) is 0 Å². The van der Waals surface area contributed by atoms with Gasteiger partial charge in [-0.05, 0) is 90.1 Å². The van der Waals surface area contributed by atoms with Crippen LogP contribution in [0.25, 0.3) is 0 Å². The van der Waals surface area contributed by atoms with E-state index in [1.807, 2.05) is 6.07 Å². The third-order valence-electron chi connectivity index (χ3n) is 9.08. The molecule has 1 aliphatic carbocycles. The molecule has 2 unspecified atom stereocenters. The third kappa shape index (κ3) is 4.93. The summed E-state index contributed by atoms with van der Waals surface area (Å²) >= 11 is 0. The highest BCUT2D eigenvalue weighted by Crippen LogP contribution is 2.50. The van der Waals surface area contributed by atoms with Crippen LogP contribution in [-0.2, 0) is 10.8 Å². The summed E-state index contributed by atoms with van der Waals surface area (Å²) in [5, 5.41) is 10.5. The summed E-state index contributed by atoms with van der Waals surface area (Å²) in [7, 11) is 2.09. The van der Waals surface area contributed by atoms with Gasteiger partial charge in [-0.15, -0.1) is 0 Å². The molecule has 0 saturated heterocycles. The lowest BCUT2D eigenvalue weighted by atomic mass is 9.74. The minimum atomic E-state index is -0.427. The smallest absolute Gasteiger partial charge is 0.209 e. The largest absolute Gasteiger partial charge is 0.347 e. The zero-order valence-corrected chi connectivity index (χ0v) is 25.4. The summed E-state index contributed by atoms with van der Waals surface area (Å²) in [6.45, 7) is 13.7. The Morgan fingerprint density at radius 2 is 1.83 bits per heavy atom. The van der Waals surface area contributed by atoms with Crippen LogP contribution in [0.2, 0.25) is 0 Å². The van der Waals surface area contributed by atoms with E-state index >= 15 is 0 Å². The number of halogens is 1. The van der Waals surface area contributed by atoms with Crippen LogP contribution in [0, 0.1) is 30.0 Å². The molecule has 4 heteroatoms. The van der Waals surface area contributed by atoms with Gasteiger partial charge >= 0.3 is 0 Å². The molecule has 0 amide bonds. The molecule has 2 atom stereocenters. The molecular formula is C37H41FN3+. The molecule has 3 nitrogen and oxygen atoms in total. The molecule has 0 radical (unpaired) electrons. The first-order valence-corrected chi connectivity index (χ1v) is 14.7. The van der Waals surface area contributed by atoms with E-state index in [0.29, 0.717) is 11.5 Å². The monoisotopic (exact) mass is 546 g/mol. The van der Waals surface area contributed by atoms with Crippen LogP contribution in [0.4, 0.5) is 15.8 Å².